The summed E-state index contributed by atoms with van der Waals surface area (Å²) in [6.45, 7) is 2.66. The van der Waals surface area contributed by atoms with Crippen molar-refractivity contribution in [2.45, 2.75) is 44.8 Å². The summed E-state index contributed by atoms with van der Waals surface area (Å²) in [6, 6.07) is 34.1. The van der Waals surface area contributed by atoms with Gasteiger partial charge >= 0.3 is 5.97 Å². The van der Waals surface area contributed by atoms with Crippen molar-refractivity contribution in [1.29, 1.82) is 0 Å². The normalized spacial score (nSPS) is 11.8. The van der Waals surface area contributed by atoms with Crippen LogP contribution in [0.3, 0.4) is 0 Å². The fourth-order valence-corrected chi connectivity index (χ4v) is 5.47. The van der Waals surface area contributed by atoms with E-state index in [0.29, 0.717) is 24.3 Å². The van der Waals surface area contributed by atoms with Crippen LogP contribution in [0.25, 0.3) is 11.1 Å². The zero-order chi connectivity index (χ0) is 29.0. The van der Waals surface area contributed by atoms with Crippen molar-refractivity contribution < 1.29 is 14.7 Å². The van der Waals surface area contributed by atoms with Gasteiger partial charge in [0.15, 0.2) is 0 Å². The summed E-state index contributed by atoms with van der Waals surface area (Å²) in [5.74, 6) is -0.740. The lowest BCUT2D eigenvalue weighted by Gasteiger charge is -2.21. The molecule has 3 N–H and O–H groups in total. The molecule has 5 nitrogen and oxygen atoms in total. The zero-order valence-electron chi connectivity index (χ0n) is 23.7. The molecule has 6 heteroatoms. The van der Waals surface area contributed by atoms with Crippen LogP contribution in [0.15, 0.2) is 103 Å². The first-order valence-electron chi connectivity index (χ1n) is 14.0. The molecule has 0 spiro atoms. The predicted octanol–water partition coefficient (Wildman–Crippen LogP) is 6.54. The molecule has 4 aromatic carbocycles. The van der Waals surface area contributed by atoms with Gasteiger partial charge in [0.1, 0.15) is 6.04 Å². The number of thioether (sulfide) groups is 1. The number of rotatable bonds is 14. The first kappa shape index (κ1) is 30.1. The average Bonchev–Trinajstić information content (AvgIpc) is 2.99. The van der Waals surface area contributed by atoms with Crippen molar-refractivity contribution in [2.24, 2.45) is 0 Å². The Bertz CT molecular complexity index is 1380. The van der Waals surface area contributed by atoms with Crippen LogP contribution < -0.4 is 10.6 Å². The molecule has 0 radical (unpaired) electrons. The highest BCUT2D eigenvalue weighted by Gasteiger charge is 2.23. The molecule has 0 saturated carbocycles. The molecule has 0 aliphatic heterocycles. The molecule has 41 heavy (non-hydrogen) atoms. The summed E-state index contributed by atoms with van der Waals surface area (Å²) in [5.41, 5.74) is 6.91. The van der Waals surface area contributed by atoms with Crippen molar-refractivity contribution in [1.82, 2.24) is 10.6 Å². The molecule has 212 valence electrons. The highest BCUT2D eigenvalue weighted by molar-refractivity contribution is 7.98. The molecule has 0 aliphatic carbocycles. The molecular weight excluding hydrogens is 528 g/mol. The maximum atomic E-state index is 13.4. The molecule has 0 heterocycles. The monoisotopic (exact) mass is 566 g/mol. The molecule has 4 rings (SSSR count). The predicted molar refractivity (Wildman–Crippen MR) is 169 cm³/mol. The Morgan fingerprint density at radius 1 is 0.780 bits per heavy atom. The lowest BCUT2D eigenvalue weighted by Crippen LogP contribution is -2.41. The Balaban J connectivity index is 1.59. The number of amides is 1. The Morgan fingerprint density at radius 2 is 1.39 bits per heavy atom. The van der Waals surface area contributed by atoms with E-state index < -0.39 is 12.0 Å². The molecule has 1 amide bonds. The van der Waals surface area contributed by atoms with E-state index >= 15 is 0 Å². The van der Waals surface area contributed by atoms with Crippen LogP contribution in [0.1, 0.15) is 39.0 Å². The SMILES string of the molecule is CSCCC(NC(=O)c1ccc(CNC(Cc2ccccc2)Cc2ccccc2)cc1-c1ccccc1C)C(=O)O. The number of carbonyl (C=O) groups is 2. The van der Waals surface area contributed by atoms with Gasteiger partial charge in [0, 0.05) is 18.2 Å². The van der Waals surface area contributed by atoms with Gasteiger partial charge in [0.2, 0.25) is 0 Å². The fraction of sp³-hybridized carbons (Fsp3) is 0.257. The van der Waals surface area contributed by atoms with Crippen LogP contribution in [0.5, 0.6) is 0 Å². The van der Waals surface area contributed by atoms with Gasteiger partial charge in [-0.15, -0.1) is 0 Å². The van der Waals surface area contributed by atoms with Crippen molar-refractivity contribution in [3.63, 3.8) is 0 Å². The molecule has 0 bridgehead atoms. The van der Waals surface area contributed by atoms with Crippen LogP contribution in [0.2, 0.25) is 0 Å². The van der Waals surface area contributed by atoms with Gasteiger partial charge in [0.25, 0.3) is 5.91 Å². The zero-order valence-corrected chi connectivity index (χ0v) is 24.5. The summed E-state index contributed by atoms with van der Waals surface area (Å²) in [6.07, 6.45) is 4.09. The number of carboxylic acids is 1. The third kappa shape index (κ3) is 8.81. The van der Waals surface area contributed by atoms with E-state index in [2.05, 4.69) is 65.2 Å². The minimum atomic E-state index is -1.02. The van der Waals surface area contributed by atoms with E-state index in [1.165, 1.54) is 11.1 Å². The molecule has 4 aromatic rings. The quantitative estimate of drug-likeness (QED) is 0.162. The van der Waals surface area contributed by atoms with Crippen LogP contribution in [-0.4, -0.2) is 41.1 Å². The average molecular weight is 567 g/mol. The Hall–Kier alpha value is -3.87. The molecule has 0 saturated heterocycles. The number of hydrogen-bond acceptors (Lipinski definition) is 4. The molecule has 0 aromatic heterocycles. The van der Waals surface area contributed by atoms with Gasteiger partial charge in [-0.2, -0.15) is 11.8 Å². The molecule has 1 unspecified atom stereocenters. The number of nitrogens with one attached hydrogen (secondary N) is 2. The summed E-state index contributed by atoms with van der Waals surface area (Å²) < 4.78 is 0. The van der Waals surface area contributed by atoms with E-state index in [0.717, 1.165) is 35.1 Å². The molecular formula is C35H38N2O3S. The third-order valence-corrected chi connectivity index (χ3v) is 7.87. The number of carbonyl (C=O) groups excluding carboxylic acids is 1. The van der Waals surface area contributed by atoms with Crippen LogP contribution in [-0.2, 0) is 24.2 Å². The Kier molecular flexibility index (Phi) is 11.2. The van der Waals surface area contributed by atoms with Gasteiger partial charge < -0.3 is 15.7 Å². The summed E-state index contributed by atoms with van der Waals surface area (Å²) in [7, 11) is 0. The van der Waals surface area contributed by atoms with Gasteiger partial charge in [-0.05, 0) is 83.7 Å². The van der Waals surface area contributed by atoms with Gasteiger partial charge in [-0.3, -0.25) is 4.79 Å². The first-order chi connectivity index (χ1) is 19.9. The number of benzene rings is 4. The highest BCUT2D eigenvalue weighted by Crippen LogP contribution is 2.28. The summed E-state index contributed by atoms with van der Waals surface area (Å²) in [5, 5.41) is 16.2. The summed E-state index contributed by atoms with van der Waals surface area (Å²) >= 11 is 1.56. The maximum Gasteiger partial charge on any atom is 0.326 e. The third-order valence-electron chi connectivity index (χ3n) is 7.22. The van der Waals surface area contributed by atoms with Crippen molar-refractivity contribution in [2.75, 3.05) is 12.0 Å². The van der Waals surface area contributed by atoms with Crippen LogP contribution >= 0.6 is 11.8 Å². The van der Waals surface area contributed by atoms with E-state index in [9.17, 15) is 14.7 Å². The first-order valence-corrected chi connectivity index (χ1v) is 15.4. The highest BCUT2D eigenvalue weighted by atomic mass is 32.2. The van der Waals surface area contributed by atoms with E-state index in [-0.39, 0.29) is 11.9 Å². The second kappa shape index (κ2) is 15.2. The Labute approximate surface area is 247 Å². The van der Waals surface area contributed by atoms with Crippen molar-refractivity contribution >= 4 is 23.6 Å². The lowest BCUT2D eigenvalue weighted by atomic mass is 9.93. The van der Waals surface area contributed by atoms with Gasteiger partial charge in [-0.1, -0.05) is 91.0 Å². The van der Waals surface area contributed by atoms with Crippen molar-refractivity contribution in [3.8, 4) is 11.1 Å². The summed E-state index contributed by atoms with van der Waals surface area (Å²) in [4.78, 5) is 25.2. The van der Waals surface area contributed by atoms with Gasteiger partial charge in [-0.25, -0.2) is 4.79 Å². The van der Waals surface area contributed by atoms with E-state index in [1.54, 1.807) is 11.8 Å². The number of aryl methyl sites for hydroxylation is 1. The minimum absolute atomic E-state index is 0.220. The second-order valence-electron chi connectivity index (χ2n) is 10.3. The molecule has 0 fully saturated rings. The Morgan fingerprint density at radius 3 is 1.98 bits per heavy atom. The van der Waals surface area contributed by atoms with E-state index in [1.807, 2.05) is 61.7 Å². The second-order valence-corrected chi connectivity index (χ2v) is 11.3. The van der Waals surface area contributed by atoms with Crippen LogP contribution in [0, 0.1) is 6.92 Å². The fourth-order valence-electron chi connectivity index (χ4n) is 5.00. The van der Waals surface area contributed by atoms with Crippen LogP contribution in [0.4, 0.5) is 0 Å². The largest absolute Gasteiger partial charge is 0.480 e. The number of aliphatic carboxylic acids is 1. The minimum Gasteiger partial charge on any atom is -0.480 e. The van der Waals surface area contributed by atoms with Crippen molar-refractivity contribution in [3.05, 3.63) is 131 Å². The number of carboxylic acid groups (broad SMARTS) is 1. The van der Waals surface area contributed by atoms with E-state index in [4.69, 9.17) is 0 Å². The van der Waals surface area contributed by atoms with Gasteiger partial charge in [0.05, 0.1) is 0 Å². The topological polar surface area (TPSA) is 78.4 Å². The maximum absolute atomic E-state index is 13.4. The smallest absolute Gasteiger partial charge is 0.326 e. The lowest BCUT2D eigenvalue weighted by molar-refractivity contribution is -0.139. The molecule has 1 atom stereocenters. The molecule has 0 aliphatic rings. The number of hydrogen-bond donors (Lipinski definition) is 3. The standard InChI is InChI=1S/C35H38N2O3S/c1-25-11-9-10-16-30(25)32-23-28(17-18-31(32)34(38)37-33(35(39)40)19-20-41-2)24-36-29(21-26-12-5-3-6-13-26)22-27-14-7-4-8-15-27/h3-18,23,29,33,36H,19-22,24H2,1-2H3,(H,37,38)(H,39,40).